The molecule has 1 aliphatic rings. The van der Waals surface area contributed by atoms with E-state index in [2.05, 4.69) is 5.32 Å². The van der Waals surface area contributed by atoms with Gasteiger partial charge in [-0.25, -0.2) is 4.79 Å². The average molecular weight is 355 g/mol. The maximum atomic E-state index is 12.5. The number of amides is 1. The molecule has 0 bridgehead atoms. The quantitative estimate of drug-likeness (QED) is 0.831. The first-order valence-electron chi connectivity index (χ1n) is 8.51. The monoisotopic (exact) mass is 355 g/mol. The van der Waals surface area contributed by atoms with E-state index in [1.807, 2.05) is 32.0 Å². The lowest BCUT2D eigenvalue weighted by Gasteiger charge is -2.15. The fourth-order valence-electron chi connectivity index (χ4n) is 2.85. The van der Waals surface area contributed by atoms with Crippen LogP contribution in [0.15, 0.2) is 36.4 Å². The van der Waals surface area contributed by atoms with Crippen LogP contribution in [-0.2, 0) is 17.6 Å². The highest BCUT2D eigenvalue weighted by atomic mass is 16.5. The van der Waals surface area contributed by atoms with Crippen molar-refractivity contribution in [1.29, 1.82) is 0 Å². The second-order valence-electron chi connectivity index (χ2n) is 6.45. The number of carboxylic acids is 1. The summed E-state index contributed by atoms with van der Waals surface area (Å²) < 4.78 is 11.1. The first-order chi connectivity index (χ1) is 12.4. The number of hydrogen-bond acceptors (Lipinski definition) is 4. The number of anilines is 1. The number of aromatic carboxylic acids is 1. The highest BCUT2D eigenvalue weighted by Gasteiger charge is 2.16. The Morgan fingerprint density at radius 2 is 2.04 bits per heavy atom. The van der Waals surface area contributed by atoms with Crippen LogP contribution in [0.3, 0.4) is 0 Å². The SMILES string of the molecule is CC(C)Oc1ccc(C(=O)O)cc1NC(=O)Cc1ccc2c(c1)CCO2. The van der Waals surface area contributed by atoms with Crippen molar-refractivity contribution < 1.29 is 24.2 Å². The van der Waals surface area contributed by atoms with E-state index in [1.54, 1.807) is 6.07 Å². The van der Waals surface area contributed by atoms with Crippen molar-refractivity contribution in [3.63, 3.8) is 0 Å². The van der Waals surface area contributed by atoms with Gasteiger partial charge in [0.25, 0.3) is 0 Å². The van der Waals surface area contributed by atoms with E-state index in [-0.39, 0.29) is 24.0 Å². The summed E-state index contributed by atoms with van der Waals surface area (Å²) in [7, 11) is 0. The number of fused-ring (bicyclic) bond motifs is 1. The van der Waals surface area contributed by atoms with Crippen LogP contribution in [0.1, 0.15) is 35.3 Å². The third-order valence-corrected chi connectivity index (χ3v) is 3.98. The molecule has 0 aromatic heterocycles. The molecule has 2 aromatic rings. The van der Waals surface area contributed by atoms with Gasteiger partial charge in [-0.2, -0.15) is 0 Å². The number of ether oxygens (including phenoxy) is 2. The summed E-state index contributed by atoms with van der Waals surface area (Å²) in [6.45, 7) is 4.40. The van der Waals surface area contributed by atoms with Gasteiger partial charge in [-0.3, -0.25) is 4.79 Å². The van der Waals surface area contributed by atoms with Gasteiger partial charge in [-0.15, -0.1) is 0 Å². The van der Waals surface area contributed by atoms with Crippen LogP contribution < -0.4 is 14.8 Å². The zero-order valence-electron chi connectivity index (χ0n) is 14.7. The number of benzene rings is 2. The van der Waals surface area contributed by atoms with E-state index in [0.717, 1.165) is 23.3 Å². The topological polar surface area (TPSA) is 84.9 Å². The van der Waals surface area contributed by atoms with E-state index in [4.69, 9.17) is 9.47 Å². The summed E-state index contributed by atoms with van der Waals surface area (Å²) in [4.78, 5) is 23.7. The minimum Gasteiger partial charge on any atom is -0.493 e. The molecule has 0 spiro atoms. The van der Waals surface area contributed by atoms with Crippen LogP contribution in [0, 0.1) is 0 Å². The Balaban J connectivity index is 1.77. The molecule has 0 saturated carbocycles. The van der Waals surface area contributed by atoms with E-state index in [9.17, 15) is 14.7 Å². The van der Waals surface area contributed by atoms with Gasteiger partial charge in [0, 0.05) is 6.42 Å². The summed E-state index contributed by atoms with van der Waals surface area (Å²) in [6.07, 6.45) is 0.932. The maximum Gasteiger partial charge on any atom is 0.335 e. The molecular weight excluding hydrogens is 334 g/mol. The smallest absolute Gasteiger partial charge is 0.335 e. The largest absolute Gasteiger partial charge is 0.493 e. The number of carboxylic acid groups (broad SMARTS) is 1. The third kappa shape index (κ3) is 4.14. The Hall–Kier alpha value is -3.02. The maximum absolute atomic E-state index is 12.5. The molecule has 2 N–H and O–H groups in total. The molecule has 0 unspecified atom stereocenters. The molecule has 26 heavy (non-hydrogen) atoms. The summed E-state index contributed by atoms with van der Waals surface area (Å²) in [5.41, 5.74) is 2.43. The average Bonchev–Trinajstić information content (AvgIpc) is 3.03. The first-order valence-corrected chi connectivity index (χ1v) is 8.51. The summed E-state index contributed by atoms with van der Waals surface area (Å²) in [5.74, 6) is 0.0202. The summed E-state index contributed by atoms with van der Waals surface area (Å²) >= 11 is 0. The van der Waals surface area contributed by atoms with Crippen molar-refractivity contribution in [1.82, 2.24) is 0 Å². The Bertz CT molecular complexity index is 844. The third-order valence-electron chi connectivity index (χ3n) is 3.98. The molecule has 0 fully saturated rings. The molecule has 1 heterocycles. The second kappa shape index (κ2) is 7.47. The van der Waals surface area contributed by atoms with Crippen LogP contribution in [0.2, 0.25) is 0 Å². The molecular formula is C20H21NO5. The molecule has 3 rings (SSSR count). The molecule has 6 nitrogen and oxygen atoms in total. The summed E-state index contributed by atoms with van der Waals surface area (Å²) in [5, 5.41) is 11.9. The Kier molecular flexibility index (Phi) is 5.11. The fraction of sp³-hybridized carbons (Fsp3) is 0.300. The molecule has 1 amide bonds. The first kappa shape index (κ1) is 17.8. The Morgan fingerprint density at radius 3 is 2.77 bits per heavy atom. The predicted molar refractivity (Wildman–Crippen MR) is 97.1 cm³/mol. The number of carbonyl (C=O) groups excluding carboxylic acids is 1. The normalized spacial score (nSPS) is 12.4. The molecule has 1 aliphatic heterocycles. The molecule has 0 aliphatic carbocycles. The van der Waals surface area contributed by atoms with E-state index in [1.165, 1.54) is 12.1 Å². The summed E-state index contributed by atoms with van der Waals surface area (Å²) in [6, 6.07) is 10.1. The van der Waals surface area contributed by atoms with Gasteiger partial charge in [0.1, 0.15) is 11.5 Å². The van der Waals surface area contributed by atoms with Crippen molar-refractivity contribution in [2.75, 3.05) is 11.9 Å². The Labute approximate surface area is 151 Å². The van der Waals surface area contributed by atoms with E-state index in [0.29, 0.717) is 18.0 Å². The zero-order valence-corrected chi connectivity index (χ0v) is 14.7. The standard InChI is InChI=1S/C20H21NO5/c1-12(2)26-18-6-4-15(20(23)24)11-16(18)21-19(22)10-13-3-5-17-14(9-13)7-8-25-17/h3-6,9,11-12H,7-8,10H2,1-2H3,(H,21,22)(H,23,24). The van der Waals surface area contributed by atoms with E-state index >= 15 is 0 Å². The van der Waals surface area contributed by atoms with Crippen molar-refractivity contribution in [3.05, 3.63) is 53.1 Å². The molecule has 0 radical (unpaired) electrons. The lowest BCUT2D eigenvalue weighted by molar-refractivity contribution is -0.115. The van der Waals surface area contributed by atoms with Crippen LogP contribution in [0.4, 0.5) is 5.69 Å². The van der Waals surface area contributed by atoms with Crippen molar-refractivity contribution in [2.45, 2.75) is 32.8 Å². The van der Waals surface area contributed by atoms with Gasteiger partial charge in [-0.05, 0) is 49.2 Å². The number of rotatable bonds is 6. The van der Waals surface area contributed by atoms with Gasteiger partial charge in [0.2, 0.25) is 5.91 Å². The minimum absolute atomic E-state index is 0.0890. The fourth-order valence-corrected chi connectivity index (χ4v) is 2.85. The molecule has 0 saturated heterocycles. The van der Waals surface area contributed by atoms with Gasteiger partial charge < -0.3 is 19.9 Å². The highest BCUT2D eigenvalue weighted by Crippen LogP contribution is 2.28. The Morgan fingerprint density at radius 1 is 1.23 bits per heavy atom. The molecule has 0 atom stereocenters. The zero-order chi connectivity index (χ0) is 18.7. The number of hydrogen-bond donors (Lipinski definition) is 2. The van der Waals surface area contributed by atoms with Crippen LogP contribution >= 0.6 is 0 Å². The van der Waals surface area contributed by atoms with Crippen LogP contribution in [0.25, 0.3) is 0 Å². The number of carbonyl (C=O) groups is 2. The van der Waals surface area contributed by atoms with Crippen molar-refractivity contribution in [2.24, 2.45) is 0 Å². The van der Waals surface area contributed by atoms with Crippen LogP contribution in [0.5, 0.6) is 11.5 Å². The van der Waals surface area contributed by atoms with Gasteiger partial charge in [-0.1, -0.05) is 12.1 Å². The van der Waals surface area contributed by atoms with Gasteiger partial charge in [0.15, 0.2) is 0 Å². The second-order valence-corrected chi connectivity index (χ2v) is 6.45. The van der Waals surface area contributed by atoms with Gasteiger partial charge >= 0.3 is 5.97 Å². The highest BCUT2D eigenvalue weighted by molar-refractivity contribution is 5.96. The number of nitrogens with one attached hydrogen (secondary N) is 1. The van der Waals surface area contributed by atoms with Crippen molar-refractivity contribution >= 4 is 17.6 Å². The molecule has 2 aromatic carbocycles. The predicted octanol–water partition coefficient (Wildman–Crippen LogP) is 3.29. The van der Waals surface area contributed by atoms with Crippen LogP contribution in [-0.4, -0.2) is 29.7 Å². The van der Waals surface area contributed by atoms with Crippen molar-refractivity contribution in [3.8, 4) is 11.5 Å². The van der Waals surface area contributed by atoms with Gasteiger partial charge in [0.05, 0.1) is 30.4 Å². The minimum atomic E-state index is -1.06. The lowest BCUT2D eigenvalue weighted by Crippen LogP contribution is -2.17. The van der Waals surface area contributed by atoms with E-state index < -0.39 is 5.97 Å². The molecule has 6 heteroatoms. The molecule has 136 valence electrons. The lowest BCUT2D eigenvalue weighted by atomic mass is 10.1.